The number of nitrogens with zero attached hydrogens (tertiary/aromatic N) is 2. The Morgan fingerprint density at radius 2 is 1.21 bits per heavy atom. The summed E-state index contributed by atoms with van der Waals surface area (Å²) in [6.07, 6.45) is 5.80. The molecule has 7 N–H and O–H groups in total. The number of nitrogens with one attached hydrogen (secondary N) is 2. The van der Waals surface area contributed by atoms with Gasteiger partial charge in [0.05, 0.1) is 126 Å². The molecule has 1 aliphatic carbocycles. The largest absolute Gasteiger partial charge is 1.00 e. The summed E-state index contributed by atoms with van der Waals surface area (Å²) in [7, 11) is -1.27. The number of aliphatic hydroxyl groups excluding tert-OH is 3. The number of anilines is 1. The Balaban J connectivity index is 0. The number of hydrogen-bond donors (Lipinski definition) is 6. The maximum absolute atomic E-state index is 13.6. The van der Waals surface area contributed by atoms with Crippen LogP contribution in [0.1, 0.15) is 217 Å². The van der Waals surface area contributed by atoms with Crippen LogP contribution in [0, 0.1) is 12.8 Å². The molecule has 42 heteroatoms. The molecule has 7 aromatic heterocycles. The van der Waals surface area contributed by atoms with Crippen molar-refractivity contribution in [2.75, 3.05) is 77.9 Å². The van der Waals surface area contributed by atoms with Crippen LogP contribution in [0.25, 0.3) is 0 Å². The minimum Gasteiger partial charge on any atom is -1.00 e. The van der Waals surface area contributed by atoms with Gasteiger partial charge in [-0.25, -0.2) is 26.2 Å². The fraction of sp³-hybridized carbons (Fsp3) is 0.443. The van der Waals surface area contributed by atoms with Gasteiger partial charge >= 0.3 is 39.9 Å². The Kier molecular flexibility index (Phi) is 58.8. The number of aryl methyl sites for hydroxylation is 1. The van der Waals surface area contributed by atoms with E-state index in [1.54, 1.807) is 40.1 Å². The Morgan fingerprint density at radius 3 is 1.71 bits per heavy atom. The minimum atomic E-state index is -4.12. The monoisotopic (exact) mass is 2180 g/mol. The number of ketones is 1. The first-order valence-electron chi connectivity index (χ1n) is 34.1. The molecule has 5 fully saturated rings. The van der Waals surface area contributed by atoms with E-state index in [-0.39, 0.29) is 187 Å². The van der Waals surface area contributed by atoms with E-state index in [1.807, 2.05) is 66.0 Å². The zero-order valence-electron chi connectivity index (χ0n) is 61.9. The number of aldehydes is 2. The van der Waals surface area contributed by atoms with Crippen molar-refractivity contribution in [3.8, 4) is 0 Å². The van der Waals surface area contributed by atoms with Gasteiger partial charge in [-0.3, -0.25) is 18.6 Å². The number of carbonyl (C=O) groups excluding carboxylic acids is 3. The molecule has 16 rings (SSSR count). The predicted octanol–water partition coefficient (Wildman–Crippen LogP) is 17.5. The van der Waals surface area contributed by atoms with Gasteiger partial charge in [0.2, 0.25) is 5.78 Å². The quantitative estimate of drug-likeness (QED) is 0.0153. The number of nitrogens with two attached hydrogens (primary N) is 1. The number of aromatic nitrogens is 2. The molecule has 24 nitrogen and oxygen atoms in total. The van der Waals surface area contributed by atoms with Crippen LogP contribution in [0.15, 0.2) is 109 Å². The van der Waals surface area contributed by atoms with Crippen molar-refractivity contribution < 1.29 is 142 Å². The molecular formula is C79H104BBr4Cl2N5NaO19PS8Ti-. The third kappa shape index (κ3) is 34.2. The van der Waals surface area contributed by atoms with E-state index in [9.17, 15) is 33.0 Å². The molecule has 5 atom stereocenters. The number of fused-ring (bicyclic) bond motifs is 2. The summed E-state index contributed by atoms with van der Waals surface area (Å²) in [6.45, 7) is 12.3. The van der Waals surface area contributed by atoms with Crippen LogP contribution in [0.3, 0.4) is 0 Å². The topological polar surface area (TPSA) is 331 Å². The van der Waals surface area contributed by atoms with Crippen molar-refractivity contribution in [3.05, 3.63) is 218 Å². The predicted molar refractivity (Wildman–Crippen MR) is 501 cm³/mol. The van der Waals surface area contributed by atoms with Gasteiger partial charge in [0.15, 0.2) is 37.7 Å². The zero-order chi connectivity index (χ0) is 79.3. The third-order valence-corrected chi connectivity index (χ3v) is 28.3. The van der Waals surface area contributed by atoms with Gasteiger partial charge in [-0.2, -0.15) is 35.7 Å². The maximum Gasteiger partial charge on any atom is 1.00 e. The molecule has 0 bridgehead atoms. The first kappa shape index (κ1) is 119. The molecule has 13 heterocycles. The molecular weight excluding hydrogens is 2080 g/mol. The average Bonchev–Trinajstić information content (AvgIpc) is 1.58. The van der Waals surface area contributed by atoms with Crippen molar-refractivity contribution in [1.29, 1.82) is 0 Å². The van der Waals surface area contributed by atoms with Gasteiger partial charge in [-0.15, -0.1) is 72.1 Å². The second kappa shape index (κ2) is 59.6. The molecule has 4 saturated heterocycles. The van der Waals surface area contributed by atoms with Crippen molar-refractivity contribution in [3.63, 3.8) is 0 Å². The van der Waals surface area contributed by atoms with Crippen molar-refractivity contribution in [2.24, 2.45) is 11.1 Å². The van der Waals surface area contributed by atoms with Crippen molar-refractivity contribution in [1.82, 2.24) is 15.3 Å². The van der Waals surface area contributed by atoms with E-state index in [0.717, 1.165) is 107 Å². The van der Waals surface area contributed by atoms with Crippen LogP contribution >= 0.6 is 163 Å². The van der Waals surface area contributed by atoms with Gasteiger partial charge < -0.3 is 70.0 Å². The van der Waals surface area contributed by atoms with Crippen LogP contribution in [-0.2, 0) is 122 Å². The second-order valence-electron chi connectivity index (χ2n) is 24.5. The molecule has 3 unspecified atom stereocenters. The molecule has 1 saturated carbocycles. The van der Waals surface area contributed by atoms with Gasteiger partial charge in [0, 0.05) is 109 Å². The Morgan fingerprint density at radius 1 is 0.686 bits per heavy atom. The van der Waals surface area contributed by atoms with Crippen LogP contribution in [0.5, 0.6) is 0 Å². The van der Waals surface area contributed by atoms with Gasteiger partial charge in [-0.1, -0.05) is 94.2 Å². The number of rotatable bonds is 18. The van der Waals surface area contributed by atoms with Crippen LogP contribution in [0.4, 0.5) is 5.82 Å². The molecule has 6 aliphatic heterocycles. The van der Waals surface area contributed by atoms with Gasteiger partial charge in [0.25, 0.3) is 0 Å². The molecule has 121 heavy (non-hydrogen) atoms. The maximum atomic E-state index is 13.6. The first-order chi connectivity index (χ1) is 53.5. The normalized spacial score (nSPS) is 18.0. The summed E-state index contributed by atoms with van der Waals surface area (Å²) in [5, 5.41) is 44.5. The number of ether oxygens (including phenoxy) is 9. The SMILES string of the molecule is Brc1csc(C2OCCO2)c1.C.C.C.C.C.C.C.CCc1sc(C=O)cc1C1NCCc2ccc(Cl)cc21.NS(=O)(=O)OCC1C[C@@H](Nc2ncncc2C(=O)c2cc(C3OCCc4ccc(Cl)cc43)c(CO)s2)C[C@@H]1O.O=Cc1sc(C2OCCO2)cc1Br.O=S=P.OCc1sc(C2OCCO2)cc1Br.[B].[CH2-]c1sc(C2OCCO2)cc1Br.[H-].[Na+].[Ti]. The number of thiophene rings is 6. The summed E-state index contributed by atoms with van der Waals surface area (Å²) >= 11 is 34.8. The first-order valence-corrected chi connectivity index (χ1v) is 46.4. The van der Waals surface area contributed by atoms with E-state index in [1.165, 1.54) is 68.1 Å². The van der Waals surface area contributed by atoms with Crippen LogP contribution in [-0.4, -0.2) is 149 Å². The number of hydrogen-bond acceptors (Lipinski definition) is 29. The fourth-order valence-electron chi connectivity index (χ4n) is 12.3. The number of benzene rings is 2. The van der Waals surface area contributed by atoms with Crippen molar-refractivity contribution in [2.45, 2.75) is 154 Å². The summed E-state index contributed by atoms with van der Waals surface area (Å²) in [5.41, 5.74) is 6.76. The second-order valence-corrected chi connectivity index (χ2v) is 37.5. The van der Waals surface area contributed by atoms with Crippen molar-refractivity contribution >= 4 is 217 Å². The number of halogens is 6. The van der Waals surface area contributed by atoms with Crippen LogP contribution in [0.2, 0.25) is 10.0 Å². The minimum absolute atomic E-state index is 0. The van der Waals surface area contributed by atoms with Crippen LogP contribution < -0.4 is 45.3 Å². The Bertz CT molecular complexity index is 4750. The smallest absolute Gasteiger partial charge is 1.00 e. The molecule has 3 radical (unpaired) electrons. The van der Waals surface area contributed by atoms with Gasteiger partial charge in [-0.05, 0) is 170 Å². The summed E-state index contributed by atoms with van der Waals surface area (Å²) < 4.78 is 88.2. The van der Waals surface area contributed by atoms with E-state index < -0.39 is 28.4 Å². The standard InChI is InChI=1S/C25H27ClN4O7S2.C16H16ClNOS.C8H9BrO3S.C8H7BrO3S.C8H8BrO2S.C7H7BrO2S.7CH4.B.Na.HOPS.Ti.H/c26-15-2-1-13-3-4-36-24(17(13)6-15)18-8-21(38-22(18)10-31)23(33)19-9-28-12-29-25(19)30-16-5-14(20(32)7-16)11-37-39(27,34)35;1-2-15-14(8-12(9-19)20-15)16-13-7-11(17)4-3-10(13)5-6-18-16;2*9-5-3-6(13-7(5)4-10)8-11-1-2-12-8;1-5-6(9)4-7(12-5)8-10-2-3-11-8;8-5-3-6(11-4-5)7-9-1-2-10-7;;;;;;;;;;1-3-2;;/h1-2,6,8-9,12,14,16,20,24,31-32H,3-5,7,10-11H2,(H2,27,34,35)(H,28,29,30);3-4,7-9,16,18H,2,5-6H2,1H3;3,8,10H,1-2,4H2;3-4,8H,1-2H2;4,8H,1-3H2;3-4,7H,1-2H2;7*1H4;;;2H;;/q;;;;-1;;;;;;;;;;+1;;;-1/t14?,16-,20+,24?;;;;;;;;;;;;;;;;;/m1................./s1. The average molecular weight is 2190 g/mol. The molecule has 663 valence electrons. The number of carbonyl (C=O) groups is 3. The summed E-state index contributed by atoms with van der Waals surface area (Å²) in [4.78, 5) is 53.3. The zero-order valence-corrected chi connectivity index (χ0v) is 79.9. The summed E-state index contributed by atoms with van der Waals surface area (Å²) in [5.74, 6) is -0.508. The van der Waals surface area contributed by atoms with E-state index in [0.29, 0.717) is 108 Å². The molecule has 0 amide bonds. The third-order valence-electron chi connectivity index (χ3n) is 17.2. The number of aliphatic hydroxyl groups is 3. The fourth-order valence-corrected chi connectivity index (χ4v) is 21.2. The molecule has 2 aromatic carbocycles. The Hall–Kier alpha value is -1.65. The van der Waals surface area contributed by atoms with Gasteiger partial charge in [0.1, 0.15) is 29.1 Å². The molecule has 7 aliphatic rings. The Labute approximate surface area is 825 Å². The molecule has 9 aromatic rings. The van der Waals surface area contributed by atoms with E-state index in [2.05, 4.69) is 116 Å². The van der Waals surface area contributed by atoms with E-state index in [4.69, 9.17) is 80.3 Å². The summed E-state index contributed by atoms with van der Waals surface area (Å²) in [6, 6.07) is 23.2. The van der Waals surface area contributed by atoms with E-state index >= 15 is 0 Å². The molecule has 0 spiro atoms.